The second-order valence-corrected chi connectivity index (χ2v) is 18.2. The van der Waals surface area contributed by atoms with E-state index in [0.717, 1.165) is 64.2 Å². The Morgan fingerprint density at radius 1 is 0.562 bits per heavy atom. The van der Waals surface area contributed by atoms with Crippen LogP contribution in [0.2, 0.25) is 0 Å². The van der Waals surface area contributed by atoms with Gasteiger partial charge in [-0.3, -0.25) is 18.6 Å². The van der Waals surface area contributed by atoms with Crippen molar-refractivity contribution in [2.45, 2.75) is 223 Å². The van der Waals surface area contributed by atoms with E-state index in [2.05, 4.69) is 38.2 Å². The highest BCUT2D eigenvalue weighted by Crippen LogP contribution is 2.47. The molecule has 4 unspecified atom stereocenters. The summed E-state index contributed by atoms with van der Waals surface area (Å²) in [6.07, 6.45) is 30.0. The van der Waals surface area contributed by atoms with Crippen molar-refractivity contribution in [3.63, 3.8) is 0 Å². The quantitative estimate of drug-likeness (QED) is 0.0101. The lowest BCUT2D eigenvalue weighted by Gasteiger charge is -2.41. The van der Waals surface area contributed by atoms with Crippen LogP contribution in [-0.4, -0.2) is 110 Å². The van der Waals surface area contributed by atoms with Gasteiger partial charge in [0.15, 0.2) is 6.10 Å². The molecule has 64 heavy (non-hydrogen) atoms. The smallest absolute Gasteiger partial charge is 0.462 e. The third-order valence-corrected chi connectivity index (χ3v) is 11.9. The number of phosphoric ester groups is 1. The topological polar surface area (TPSA) is 230 Å². The molecule has 0 heterocycles. The lowest BCUT2D eigenvalue weighted by Crippen LogP contribution is -2.64. The number of carbonyl (C=O) groups excluding carboxylic acids is 2. The van der Waals surface area contributed by atoms with Gasteiger partial charge >= 0.3 is 19.8 Å². The minimum atomic E-state index is -5.15. The molecule has 0 saturated heterocycles. The summed E-state index contributed by atoms with van der Waals surface area (Å²) in [6.45, 7) is 3.14. The monoisotopic (exact) mass is 929 g/mol. The molecule has 1 aliphatic rings. The number of aliphatic hydroxyl groups excluding tert-OH is 6. The molecular formula is C49H85O14P. The molecule has 1 saturated carbocycles. The van der Waals surface area contributed by atoms with Crippen molar-refractivity contribution < 1.29 is 68.2 Å². The summed E-state index contributed by atoms with van der Waals surface area (Å²) in [6, 6.07) is 0. The zero-order valence-electron chi connectivity index (χ0n) is 38.9. The van der Waals surface area contributed by atoms with Gasteiger partial charge in [-0.05, 0) is 70.6 Å². The molecule has 9 atom stereocenters. The minimum Gasteiger partial charge on any atom is -0.462 e. The summed E-state index contributed by atoms with van der Waals surface area (Å²) in [5, 5.41) is 60.3. The summed E-state index contributed by atoms with van der Waals surface area (Å²) < 4.78 is 33.5. The Morgan fingerprint density at radius 2 is 1.05 bits per heavy atom. The number of hydrogen-bond acceptors (Lipinski definition) is 13. The molecule has 0 spiro atoms. The van der Waals surface area contributed by atoms with E-state index >= 15 is 0 Å². The third kappa shape index (κ3) is 30.7. The van der Waals surface area contributed by atoms with Gasteiger partial charge in [0, 0.05) is 12.8 Å². The lowest BCUT2D eigenvalue weighted by molar-refractivity contribution is -0.220. The molecular weight excluding hydrogens is 843 g/mol. The molecule has 0 aliphatic heterocycles. The Labute approximate surface area is 384 Å². The van der Waals surface area contributed by atoms with Gasteiger partial charge in [-0.15, -0.1) is 0 Å². The summed E-state index contributed by atoms with van der Waals surface area (Å²) in [5.74, 6) is -1.24. The predicted molar refractivity (Wildman–Crippen MR) is 250 cm³/mol. The standard InChI is InChI=1S/C49H85O14P/c1-3-5-7-9-11-13-14-15-16-17-18-19-20-22-24-28-33-37-43(52)62-41(39-61-64(58,59)63-49-47(56)45(54)44(53)46(55)48(49)57)38-60-42(51)36-32-29-25-27-31-35-40(50)34-30-26-23-21-12-10-8-6-4-2/h12,15-16,21,25-27,30-31,35,40-41,44-50,53-57H,3-11,13-14,17-20,22-24,28-29,32-34,36-39H2,1-2H3,(H,58,59)/b16-15-,21-12-,27-25+,30-26-,35-31-/t40?,41-,44?,45-,46+,47-,48-,49?/m1/s1. The maximum Gasteiger partial charge on any atom is 0.472 e. The molecule has 370 valence electrons. The van der Waals surface area contributed by atoms with Crippen molar-refractivity contribution in [1.29, 1.82) is 0 Å². The fourth-order valence-corrected chi connectivity index (χ4v) is 7.91. The van der Waals surface area contributed by atoms with Gasteiger partial charge in [-0.2, -0.15) is 0 Å². The van der Waals surface area contributed by atoms with Gasteiger partial charge in [0.1, 0.15) is 43.2 Å². The van der Waals surface area contributed by atoms with Crippen LogP contribution >= 0.6 is 7.82 Å². The van der Waals surface area contributed by atoms with Crippen LogP contribution in [0.1, 0.15) is 174 Å². The molecule has 1 rings (SSSR count). The highest BCUT2D eigenvalue weighted by molar-refractivity contribution is 7.47. The molecule has 1 aliphatic carbocycles. The predicted octanol–water partition coefficient (Wildman–Crippen LogP) is 8.70. The SMILES string of the molecule is CCCCC/C=C\C/C=C\CC(O)/C=C\C=C\CCCC(=O)OC[C@H](COP(=O)(O)OC1[C@H](O)[C@H](O)C(O)[C@H](O)[C@H]1O)OC(=O)CCCCCCCCC/C=C\CCCCCCCC. The number of ether oxygens (including phenoxy) is 2. The minimum absolute atomic E-state index is 0.0293. The van der Waals surface area contributed by atoms with Crippen LogP contribution < -0.4 is 0 Å². The zero-order chi connectivity index (χ0) is 47.3. The highest BCUT2D eigenvalue weighted by Gasteiger charge is 2.51. The summed E-state index contributed by atoms with van der Waals surface area (Å²) >= 11 is 0. The van der Waals surface area contributed by atoms with Gasteiger partial charge < -0.3 is 45.0 Å². The van der Waals surface area contributed by atoms with Crippen LogP contribution in [0, 0.1) is 0 Å². The average molecular weight is 929 g/mol. The number of carbonyl (C=O) groups is 2. The van der Waals surface area contributed by atoms with E-state index in [4.69, 9.17) is 18.5 Å². The van der Waals surface area contributed by atoms with E-state index in [9.17, 15) is 49.7 Å². The van der Waals surface area contributed by atoms with Crippen LogP contribution in [0.4, 0.5) is 0 Å². The van der Waals surface area contributed by atoms with E-state index in [1.54, 1.807) is 18.2 Å². The van der Waals surface area contributed by atoms with Gasteiger partial charge in [-0.1, -0.05) is 152 Å². The second kappa shape index (κ2) is 38.6. The van der Waals surface area contributed by atoms with Crippen LogP contribution in [0.5, 0.6) is 0 Å². The normalized spacial score (nSPS) is 22.6. The molecule has 7 N–H and O–H groups in total. The second-order valence-electron chi connectivity index (χ2n) is 16.8. The van der Waals surface area contributed by atoms with Gasteiger partial charge in [0.25, 0.3) is 0 Å². The van der Waals surface area contributed by atoms with E-state index in [0.29, 0.717) is 25.7 Å². The number of aliphatic hydroxyl groups is 6. The maximum absolute atomic E-state index is 12.8. The Hall–Kier alpha value is -2.49. The number of phosphoric acid groups is 1. The van der Waals surface area contributed by atoms with Gasteiger partial charge in [-0.25, -0.2) is 4.57 Å². The van der Waals surface area contributed by atoms with E-state index in [1.807, 2.05) is 18.2 Å². The van der Waals surface area contributed by atoms with Crippen molar-refractivity contribution >= 4 is 19.8 Å². The first-order chi connectivity index (χ1) is 30.8. The van der Waals surface area contributed by atoms with Crippen molar-refractivity contribution in [3.05, 3.63) is 60.8 Å². The molecule has 1 fully saturated rings. The van der Waals surface area contributed by atoms with Crippen LogP contribution in [0.3, 0.4) is 0 Å². The van der Waals surface area contributed by atoms with Crippen molar-refractivity contribution in [2.75, 3.05) is 13.2 Å². The molecule has 14 nitrogen and oxygen atoms in total. The molecule has 0 aromatic carbocycles. The number of unbranched alkanes of at least 4 members (excludes halogenated alkanes) is 17. The average Bonchev–Trinajstić information content (AvgIpc) is 3.27. The first-order valence-corrected chi connectivity index (χ1v) is 25.7. The molecule has 15 heteroatoms. The Morgan fingerprint density at radius 3 is 1.67 bits per heavy atom. The molecule has 0 aromatic heterocycles. The Bertz CT molecular complexity index is 1370. The van der Waals surface area contributed by atoms with Crippen LogP contribution in [0.25, 0.3) is 0 Å². The largest absolute Gasteiger partial charge is 0.472 e. The van der Waals surface area contributed by atoms with Crippen LogP contribution in [-0.2, 0) is 32.7 Å². The summed E-state index contributed by atoms with van der Waals surface area (Å²) in [7, 11) is -5.15. The zero-order valence-corrected chi connectivity index (χ0v) is 39.8. The highest BCUT2D eigenvalue weighted by atomic mass is 31.2. The lowest BCUT2D eigenvalue weighted by atomic mass is 9.85. The van der Waals surface area contributed by atoms with Crippen molar-refractivity contribution in [1.82, 2.24) is 0 Å². The summed E-state index contributed by atoms with van der Waals surface area (Å²) in [5.41, 5.74) is 0. The van der Waals surface area contributed by atoms with E-state index in [-0.39, 0.29) is 12.8 Å². The maximum atomic E-state index is 12.8. The summed E-state index contributed by atoms with van der Waals surface area (Å²) in [4.78, 5) is 35.7. The Balaban J connectivity index is 2.52. The van der Waals surface area contributed by atoms with Crippen LogP contribution in [0.15, 0.2) is 60.8 Å². The molecule has 0 aromatic rings. The van der Waals surface area contributed by atoms with E-state index < -0.39 is 81.8 Å². The molecule has 0 bridgehead atoms. The van der Waals surface area contributed by atoms with Crippen molar-refractivity contribution in [3.8, 4) is 0 Å². The number of esters is 2. The van der Waals surface area contributed by atoms with Gasteiger partial charge in [0.2, 0.25) is 0 Å². The first kappa shape index (κ1) is 59.5. The third-order valence-electron chi connectivity index (χ3n) is 10.9. The molecule has 0 radical (unpaired) electrons. The van der Waals surface area contributed by atoms with Crippen molar-refractivity contribution in [2.24, 2.45) is 0 Å². The van der Waals surface area contributed by atoms with E-state index in [1.165, 1.54) is 57.8 Å². The Kier molecular flexibility index (Phi) is 35.9. The van der Waals surface area contributed by atoms with Gasteiger partial charge in [0.05, 0.1) is 12.7 Å². The first-order valence-electron chi connectivity index (χ1n) is 24.2. The molecule has 0 amide bonds. The number of allylic oxidation sites excluding steroid dienone is 8. The fourth-order valence-electron chi connectivity index (χ4n) is 6.94. The number of hydrogen-bond donors (Lipinski definition) is 7. The fraction of sp³-hybridized carbons (Fsp3) is 0.755. The number of rotatable bonds is 39.